The summed E-state index contributed by atoms with van der Waals surface area (Å²) in [5, 5.41) is 0. The zero-order valence-corrected chi connectivity index (χ0v) is 6.63. The quantitative estimate of drug-likeness (QED) is 0.497. The van der Waals surface area contributed by atoms with Gasteiger partial charge in [0.15, 0.2) is 0 Å². The van der Waals surface area contributed by atoms with E-state index in [1.807, 2.05) is 0 Å². The zero-order chi connectivity index (χ0) is 7.90. The maximum absolute atomic E-state index is 11.1. The van der Waals surface area contributed by atoms with Crippen molar-refractivity contribution >= 4 is 5.97 Å². The summed E-state index contributed by atoms with van der Waals surface area (Å²) in [5.74, 6) is 0.169. The van der Waals surface area contributed by atoms with Crippen LogP contribution in [0.1, 0.15) is 32.6 Å². The second-order valence-electron chi connectivity index (χ2n) is 3.49. The maximum atomic E-state index is 11.1. The SMILES string of the molecule is CC1CCCCC12OOC2=O. The number of carbonyl (C=O) groups excluding carboxylic acids is 1. The van der Waals surface area contributed by atoms with Crippen LogP contribution < -0.4 is 0 Å². The van der Waals surface area contributed by atoms with Gasteiger partial charge in [0.1, 0.15) is 0 Å². The highest BCUT2D eigenvalue weighted by Gasteiger charge is 2.57. The van der Waals surface area contributed by atoms with Gasteiger partial charge in [0.2, 0.25) is 5.60 Å². The largest absolute Gasteiger partial charge is 0.378 e. The molecule has 0 aromatic heterocycles. The van der Waals surface area contributed by atoms with Crippen molar-refractivity contribution in [2.45, 2.75) is 38.2 Å². The fraction of sp³-hybridized carbons (Fsp3) is 0.875. The van der Waals surface area contributed by atoms with Crippen LogP contribution >= 0.6 is 0 Å². The molecular weight excluding hydrogens is 144 g/mol. The molecule has 1 heterocycles. The molecular formula is C8H12O3. The van der Waals surface area contributed by atoms with Crippen LogP contribution in [0.4, 0.5) is 0 Å². The lowest BCUT2D eigenvalue weighted by Crippen LogP contribution is -2.58. The summed E-state index contributed by atoms with van der Waals surface area (Å²) in [7, 11) is 0. The minimum Gasteiger partial charge on any atom is -0.294 e. The smallest absolute Gasteiger partial charge is 0.294 e. The fourth-order valence-corrected chi connectivity index (χ4v) is 1.93. The third-order valence-corrected chi connectivity index (χ3v) is 2.84. The van der Waals surface area contributed by atoms with E-state index in [4.69, 9.17) is 4.89 Å². The molecule has 2 atom stereocenters. The van der Waals surface area contributed by atoms with E-state index in [0.29, 0.717) is 5.92 Å². The lowest BCUT2D eigenvalue weighted by atomic mass is 9.76. The van der Waals surface area contributed by atoms with E-state index in [9.17, 15) is 4.79 Å². The number of carbonyl (C=O) groups is 1. The summed E-state index contributed by atoms with van der Waals surface area (Å²) < 4.78 is 0. The van der Waals surface area contributed by atoms with Crippen molar-refractivity contribution in [3.8, 4) is 0 Å². The molecule has 1 spiro atoms. The Morgan fingerprint density at radius 2 is 2.36 bits per heavy atom. The normalized spacial score (nSPS) is 43.4. The molecule has 62 valence electrons. The molecule has 0 radical (unpaired) electrons. The molecule has 1 aliphatic heterocycles. The molecule has 0 amide bonds. The lowest BCUT2D eigenvalue weighted by Gasteiger charge is -2.43. The average Bonchev–Trinajstić information content (AvgIpc) is 2.03. The van der Waals surface area contributed by atoms with E-state index in [1.165, 1.54) is 6.42 Å². The lowest BCUT2D eigenvalue weighted by molar-refractivity contribution is -0.416. The van der Waals surface area contributed by atoms with Gasteiger partial charge in [-0.3, -0.25) is 4.89 Å². The van der Waals surface area contributed by atoms with Crippen molar-refractivity contribution in [2.75, 3.05) is 0 Å². The van der Waals surface area contributed by atoms with Crippen LogP contribution in [-0.4, -0.2) is 11.6 Å². The van der Waals surface area contributed by atoms with Crippen LogP contribution in [0.15, 0.2) is 0 Å². The van der Waals surface area contributed by atoms with E-state index >= 15 is 0 Å². The highest BCUT2D eigenvalue weighted by Crippen LogP contribution is 2.42. The van der Waals surface area contributed by atoms with Crippen molar-refractivity contribution in [1.29, 1.82) is 0 Å². The van der Waals surface area contributed by atoms with E-state index in [1.54, 1.807) is 0 Å². The molecule has 2 fully saturated rings. The predicted molar refractivity (Wildman–Crippen MR) is 37.5 cm³/mol. The van der Waals surface area contributed by atoms with Gasteiger partial charge in [-0.05, 0) is 19.3 Å². The van der Waals surface area contributed by atoms with Crippen molar-refractivity contribution in [3.05, 3.63) is 0 Å². The fourth-order valence-electron chi connectivity index (χ4n) is 1.93. The molecule has 1 saturated carbocycles. The monoisotopic (exact) mass is 156 g/mol. The number of rotatable bonds is 0. The van der Waals surface area contributed by atoms with Crippen molar-refractivity contribution in [1.82, 2.24) is 0 Å². The standard InChI is InChI=1S/C8H12O3/c1-6-4-2-3-5-8(6)7(9)10-11-8/h6H,2-5H2,1H3. The first-order valence-corrected chi connectivity index (χ1v) is 4.16. The molecule has 1 aliphatic carbocycles. The van der Waals surface area contributed by atoms with Crippen LogP contribution in [0.3, 0.4) is 0 Å². The molecule has 1 saturated heterocycles. The highest BCUT2D eigenvalue weighted by molar-refractivity contribution is 5.82. The summed E-state index contributed by atoms with van der Waals surface area (Å²) >= 11 is 0. The Bertz CT molecular complexity index is 190. The van der Waals surface area contributed by atoms with Gasteiger partial charge in [0.25, 0.3) is 0 Å². The molecule has 3 heteroatoms. The molecule has 2 unspecified atom stereocenters. The van der Waals surface area contributed by atoms with Gasteiger partial charge < -0.3 is 0 Å². The van der Waals surface area contributed by atoms with Crippen LogP contribution in [0.2, 0.25) is 0 Å². The molecule has 3 nitrogen and oxygen atoms in total. The third-order valence-electron chi connectivity index (χ3n) is 2.84. The molecule has 2 rings (SSSR count). The average molecular weight is 156 g/mol. The second-order valence-corrected chi connectivity index (χ2v) is 3.49. The molecule has 0 aromatic rings. The summed E-state index contributed by atoms with van der Waals surface area (Å²) in [5.41, 5.74) is -0.543. The Balaban J connectivity index is 2.15. The van der Waals surface area contributed by atoms with E-state index in [0.717, 1.165) is 19.3 Å². The second kappa shape index (κ2) is 2.21. The number of hydrogen-bond acceptors (Lipinski definition) is 3. The van der Waals surface area contributed by atoms with Gasteiger partial charge in [-0.2, -0.15) is 4.89 Å². The first-order chi connectivity index (χ1) is 5.26. The van der Waals surface area contributed by atoms with Gasteiger partial charge in [0, 0.05) is 5.92 Å². The van der Waals surface area contributed by atoms with Crippen molar-refractivity contribution in [3.63, 3.8) is 0 Å². The Kier molecular flexibility index (Phi) is 1.42. The van der Waals surface area contributed by atoms with Crippen molar-refractivity contribution < 1.29 is 14.6 Å². The number of hydrogen-bond donors (Lipinski definition) is 0. The minimum atomic E-state index is -0.543. The minimum absolute atomic E-state index is 0.162. The topological polar surface area (TPSA) is 35.5 Å². The van der Waals surface area contributed by atoms with Crippen LogP contribution in [-0.2, 0) is 14.6 Å². The zero-order valence-electron chi connectivity index (χ0n) is 6.63. The maximum Gasteiger partial charge on any atom is 0.378 e. The van der Waals surface area contributed by atoms with Gasteiger partial charge in [-0.1, -0.05) is 13.3 Å². The van der Waals surface area contributed by atoms with E-state index in [2.05, 4.69) is 11.8 Å². The van der Waals surface area contributed by atoms with Gasteiger partial charge >= 0.3 is 5.97 Å². The summed E-state index contributed by atoms with van der Waals surface area (Å²) in [6.07, 6.45) is 4.21. The van der Waals surface area contributed by atoms with Crippen LogP contribution in [0.5, 0.6) is 0 Å². The molecule has 0 N–H and O–H groups in total. The Hall–Kier alpha value is -0.570. The van der Waals surface area contributed by atoms with E-state index < -0.39 is 5.60 Å². The molecule has 2 aliphatic rings. The Labute approximate surface area is 65.6 Å². The van der Waals surface area contributed by atoms with Gasteiger partial charge in [-0.15, -0.1) is 0 Å². The molecule has 0 aromatic carbocycles. The third kappa shape index (κ3) is 0.805. The van der Waals surface area contributed by atoms with Gasteiger partial charge in [-0.25, -0.2) is 4.79 Å². The van der Waals surface area contributed by atoms with E-state index in [-0.39, 0.29) is 5.97 Å². The van der Waals surface area contributed by atoms with Crippen LogP contribution in [0.25, 0.3) is 0 Å². The first kappa shape index (κ1) is 7.10. The molecule has 11 heavy (non-hydrogen) atoms. The predicted octanol–water partition coefficient (Wildman–Crippen LogP) is 1.42. The first-order valence-electron chi connectivity index (χ1n) is 4.16. The molecule has 0 bridgehead atoms. The van der Waals surface area contributed by atoms with Gasteiger partial charge in [0.05, 0.1) is 0 Å². The highest BCUT2D eigenvalue weighted by atomic mass is 17.3. The van der Waals surface area contributed by atoms with Crippen molar-refractivity contribution in [2.24, 2.45) is 5.92 Å². The summed E-state index contributed by atoms with van der Waals surface area (Å²) in [6, 6.07) is 0. The summed E-state index contributed by atoms with van der Waals surface area (Å²) in [6.45, 7) is 2.06. The Morgan fingerprint density at radius 1 is 1.55 bits per heavy atom. The van der Waals surface area contributed by atoms with Crippen LogP contribution in [0, 0.1) is 5.92 Å². The Morgan fingerprint density at radius 3 is 2.73 bits per heavy atom. The summed E-state index contributed by atoms with van der Waals surface area (Å²) in [4.78, 5) is 20.4.